The molecule has 1 aliphatic carbocycles. The summed E-state index contributed by atoms with van der Waals surface area (Å²) in [5, 5.41) is 2.54. The Hall–Kier alpha value is -2.90. The molecule has 2 aliphatic rings. The van der Waals surface area contributed by atoms with E-state index in [2.05, 4.69) is 10.3 Å². The lowest BCUT2D eigenvalue weighted by Gasteiger charge is -2.40. The second-order valence-electron chi connectivity index (χ2n) is 8.63. The average Bonchev–Trinajstić information content (AvgIpc) is 3.07. The Labute approximate surface area is 192 Å². The van der Waals surface area contributed by atoms with Crippen molar-refractivity contribution in [1.82, 2.24) is 20.1 Å². The molecule has 5 nitrogen and oxygen atoms in total. The van der Waals surface area contributed by atoms with Crippen molar-refractivity contribution in [3.05, 3.63) is 41.1 Å². The summed E-state index contributed by atoms with van der Waals surface area (Å²) in [6, 6.07) is 1.56. The zero-order valence-corrected chi connectivity index (χ0v) is 18.0. The molecule has 1 aliphatic heterocycles. The average molecular weight is 514 g/mol. The first-order chi connectivity index (χ1) is 16.0. The molecule has 1 aromatic carbocycles. The largest absolute Gasteiger partial charge is 0.431 e. The van der Waals surface area contributed by atoms with Crippen LogP contribution in [0.5, 0.6) is 0 Å². The highest BCUT2D eigenvalue weighted by Gasteiger charge is 2.43. The number of likely N-dealkylation sites (N-methyl/N-ethyl adjacent to an activating group) is 1. The summed E-state index contributed by atoms with van der Waals surface area (Å²) in [5.74, 6) is 0. The predicted molar refractivity (Wildman–Crippen MR) is 107 cm³/mol. The normalized spacial score (nSPS) is 21.0. The monoisotopic (exact) mass is 514 g/mol. The summed E-state index contributed by atoms with van der Waals surface area (Å²) >= 11 is 0. The van der Waals surface area contributed by atoms with Gasteiger partial charge in [-0.3, -0.25) is 4.90 Å². The number of amides is 2. The number of nitrogens with zero attached hydrogens (tertiary/aromatic N) is 2. The number of H-pyrrole nitrogens is 1. The van der Waals surface area contributed by atoms with Crippen LogP contribution in [0.25, 0.3) is 16.5 Å². The maximum atomic E-state index is 13.6. The van der Waals surface area contributed by atoms with E-state index in [0.29, 0.717) is 16.5 Å². The zero-order valence-electron chi connectivity index (χ0n) is 18.0. The van der Waals surface area contributed by atoms with Crippen LogP contribution in [0.3, 0.4) is 0 Å². The minimum Gasteiger partial charge on any atom is -0.351 e. The molecule has 2 N–H and O–H groups in total. The number of nitrogens with one attached hydrogen (secondary N) is 2. The molecule has 2 aromatic rings. The maximum Gasteiger partial charge on any atom is 0.431 e. The lowest BCUT2D eigenvalue weighted by atomic mass is 9.80. The minimum atomic E-state index is -5.05. The Morgan fingerprint density at radius 2 is 1.71 bits per heavy atom. The second kappa shape index (κ2) is 8.35. The van der Waals surface area contributed by atoms with E-state index in [1.54, 1.807) is 18.0 Å². The Kier molecular flexibility index (Phi) is 6.01. The number of carbonyl (C=O) groups excluding carboxylic acids is 1. The number of fused-ring (bicyclic) bond motifs is 2. The maximum absolute atomic E-state index is 13.6. The quantitative estimate of drug-likeness (QED) is 0.570. The summed E-state index contributed by atoms with van der Waals surface area (Å²) in [6.07, 6.45) is -13.2. The Morgan fingerprint density at radius 1 is 1.09 bits per heavy atom. The van der Waals surface area contributed by atoms with Crippen LogP contribution in [-0.4, -0.2) is 71.9 Å². The topological polar surface area (TPSA) is 51.4 Å². The fourth-order valence-electron chi connectivity index (χ4n) is 4.76. The van der Waals surface area contributed by atoms with Crippen LogP contribution in [0.1, 0.15) is 16.8 Å². The van der Waals surface area contributed by atoms with Crippen molar-refractivity contribution in [2.24, 2.45) is 0 Å². The molecule has 2 unspecified atom stereocenters. The predicted octanol–water partition coefficient (Wildman–Crippen LogP) is 4.95. The van der Waals surface area contributed by atoms with E-state index in [0.717, 1.165) is 0 Å². The molecule has 0 saturated heterocycles. The van der Waals surface area contributed by atoms with Crippen molar-refractivity contribution in [1.29, 1.82) is 0 Å². The molecule has 0 radical (unpaired) electrons. The smallest absolute Gasteiger partial charge is 0.351 e. The fourth-order valence-corrected chi connectivity index (χ4v) is 4.76. The van der Waals surface area contributed by atoms with Crippen LogP contribution in [0.2, 0.25) is 0 Å². The molecule has 35 heavy (non-hydrogen) atoms. The standard InChI is InChI=1S/C21H19F9N4O/c1-33-7-10(31-18(35)34(8-19(22,23)24)9-20(25,26)27)5-12-11-3-2-4-14-16(11)13(6-15(12)33)17(32-14)21(28,29)30/h2-5,10,15,32H,6-9H2,1H3,(H,31,35). The van der Waals surface area contributed by atoms with Gasteiger partial charge in [-0.25, -0.2) is 4.79 Å². The van der Waals surface area contributed by atoms with Gasteiger partial charge in [-0.1, -0.05) is 18.2 Å². The lowest BCUT2D eigenvalue weighted by Crippen LogP contribution is -2.55. The van der Waals surface area contributed by atoms with Gasteiger partial charge in [-0.2, -0.15) is 39.5 Å². The molecule has 0 spiro atoms. The van der Waals surface area contributed by atoms with E-state index in [1.807, 2.05) is 0 Å². The van der Waals surface area contributed by atoms with Gasteiger partial charge in [0.1, 0.15) is 18.8 Å². The van der Waals surface area contributed by atoms with Gasteiger partial charge in [0.2, 0.25) is 0 Å². The molecule has 1 aromatic heterocycles. The van der Waals surface area contributed by atoms with Crippen LogP contribution < -0.4 is 5.32 Å². The van der Waals surface area contributed by atoms with E-state index in [9.17, 15) is 44.3 Å². The van der Waals surface area contributed by atoms with Crippen LogP contribution in [0.4, 0.5) is 44.3 Å². The van der Waals surface area contributed by atoms with Crippen molar-refractivity contribution in [2.75, 3.05) is 26.7 Å². The summed E-state index contributed by atoms with van der Waals surface area (Å²) < 4.78 is 117. The minimum absolute atomic E-state index is 0.0108. The molecule has 2 amide bonds. The van der Waals surface area contributed by atoms with E-state index < -0.39 is 55.4 Å². The van der Waals surface area contributed by atoms with E-state index in [1.165, 1.54) is 18.2 Å². The Bertz CT molecular complexity index is 1150. The first-order valence-electron chi connectivity index (χ1n) is 10.4. The van der Waals surface area contributed by atoms with Gasteiger partial charge < -0.3 is 15.2 Å². The summed E-state index contributed by atoms with van der Waals surface area (Å²) in [6.45, 7) is -4.21. The number of carbonyl (C=O) groups is 1. The van der Waals surface area contributed by atoms with Gasteiger partial charge in [0.05, 0.1) is 6.04 Å². The number of halogens is 9. The van der Waals surface area contributed by atoms with Gasteiger partial charge in [0.15, 0.2) is 0 Å². The summed E-state index contributed by atoms with van der Waals surface area (Å²) in [7, 11) is 1.56. The number of rotatable bonds is 3. The molecule has 2 atom stereocenters. The van der Waals surface area contributed by atoms with E-state index in [4.69, 9.17) is 0 Å². The molecular weight excluding hydrogens is 495 g/mol. The number of hydrogen-bond donors (Lipinski definition) is 2. The lowest BCUT2D eigenvalue weighted by molar-refractivity contribution is -0.171. The van der Waals surface area contributed by atoms with E-state index >= 15 is 0 Å². The fraction of sp³-hybridized carbons (Fsp3) is 0.476. The Balaban J connectivity index is 1.67. The summed E-state index contributed by atoms with van der Waals surface area (Å²) in [4.78, 5) is 16.0. The van der Waals surface area contributed by atoms with Gasteiger partial charge in [-0.05, 0) is 36.2 Å². The first-order valence-corrected chi connectivity index (χ1v) is 10.4. The molecule has 0 saturated carbocycles. The first kappa shape index (κ1) is 25.2. The molecule has 4 rings (SSSR count). The molecule has 2 heterocycles. The molecular formula is C21H19F9N4O. The van der Waals surface area contributed by atoms with Crippen LogP contribution in [0.15, 0.2) is 24.3 Å². The van der Waals surface area contributed by atoms with Crippen LogP contribution >= 0.6 is 0 Å². The third kappa shape index (κ3) is 5.21. The number of benzene rings is 1. The van der Waals surface area contributed by atoms with Crippen molar-refractivity contribution < 1.29 is 44.3 Å². The Morgan fingerprint density at radius 3 is 2.29 bits per heavy atom. The SMILES string of the molecule is CN1CC(NC(=O)N(CC(F)(F)F)CC(F)(F)F)C=C2c3cccc4[nH]c(C(F)(F)F)c(c34)CC21. The van der Waals surface area contributed by atoms with Gasteiger partial charge in [-0.15, -0.1) is 0 Å². The molecule has 0 fully saturated rings. The van der Waals surface area contributed by atoms with Crippen molar-refractivity contribution in [3.63, 3.8) is 0 Å². The van der Waals surface area contributed by atoms with Gasteiger partial charge in [0.25, 0.3) is 0 Å². The van der Waals surface area contributed by atoms with Gasteiger partial charge in [0, 0.05) is 23.5 Å². The number of aromatic nitrogens is 1. The molecule has 192 valence electrons. The number of alkyl halides is 9. The van der Waals surface area contributed by atoms with Crippen molar-refractivity contribution >= 4 is 22.5 Å². The van der Waals surface area contributed by atoms with Crippen LogP contribution in [0, 0.1) is 0 Å². The third-order valence-electron chi connectivity index (χ3n) is 6.01. The van der Waals surface area contributed by atoms with Crippen LogP contribution in [-0.2, 0) is 12.6 Å². The third-order valence-corrected chi connectivity index (χ3v) is 6.01. The highest BCUT2D eigenvalue weighted by Crippen LogP contribution is 2.45. The van der Waals surface area contributed by atoms with Crippen molar-refractivity contribution in [3.8, 4) is 0 Å². The highest BCUT2D eigenvalue weighted by molar-refractivity contribution is 5.99. The number of aromatic amines is 1. The van der Waals surface area contributed by atoms with E-state index in [-0.39, 0.29) is 28.9 Å². The molecule has 14 heteroatoms. The molecule has 0 bridgehead atoms. The van der Waals surface area contributed by atoms with Gasteiger partial charge >= 0.3 is 24.6 Å². The second-order valence-corrected chi connectivity index (χ2v) is 8.63. The summed E-state index contributed by atoms with van der Waals surface area (Å²) in [5.41, 5.74) is 0.459. The number of urea groups is 1. The van der Waals surface area contributed by atoms with Crippen molar-refractivity contribution in [2.45, 2.75) is 37.0 Å². The number of hydrogen-bond acceptors (Lipinski definition) is 2. The zero-order chi connectivity index (χ0) is 25.9. The highest BCUT2D eigenvalue weighted by atomic mass is 19.4.